The van der Waals surface area contributed by atoms with Crippen molar-refractivity contribution >= 4 is 28.5 Å². The molecule has 0 radical (unpaired) electrons. The topological polar surface area (TPSA) is 26.3 Å². The van der Waals surface area contributed by atoms with Gasteiger partial charge in [-0.1, -0.05) is 35.9 Å². The third-order valence-corrected chi connectivity index (χ3v) is 5.98. The predicted octanol–water partition coefficient (Wildman–Crippen LogP) is 5.22. The highest BCUT2D eigenvalue weighted by atomic mass is 35.5. The zero-order valence-electron chi connectivity index (χ0n) is 13.1. The Bertz CT molecular complexity index is 832. The van der Waals surface area contributed by atoms with Gasteiger partial charge in [0.2, 0.25) is 0 Å². The molecular weight excluding hydrogens is 340 g/mol. The fraction of sp³-hybridized carbons (Fsp3) is 0.0500. The van der Waals surface area contributed by atoms with Crippen LogP contribution >= 0.6 is 11.6 Å². The van der Waals surface area contributed by atoms with Crippen molar-refractivity contribution in [3.63, 3.8) is 0 Å². The number of carbonyl (C=O) groups excluding carboxylic acids is 1. The molecule has 0 aliphatic carbocycles. The Hall–Kier alpha value is -2.23. The first-order valence-corrected chi connectivity index (χ1v) is 9.02. The van der Waals surface area contributed by atoms with Gasteiger partial charge >= 0.3 is 5.97 Å². The van der Waals surface area contributed by atoms with E-state index in [0.29, 0.717) is 10.6 Å². The summed E-state index contributed by atoms with van der Waals surface area (Å²) in [7, 11) is 1.08. The molecule has 3 aromatic rings. The summed E-state index contributed by atoms with van der Waals surface area (Å²) >= 11 is 6.04. The zero-order chi connectivity index (χ0) is 16.9. The van der Waals surface area contributed by atoms with Gasteiger partial charge in [0.1, 0.15) is 0 Å². The molecule has 0 saturated carbocycles. The molecule has 24 heavy (non-hydrogen) atoms. The van der Waals surface area contributed by atoms with Gasteiger partial charge in [-0.05, 0) is 48.5 Å². The molecule has 1 unspecified atom stereocenters. The van der Waals surface area contributed by atoms with Crippen LogP contribution in [-0.4, -0.2) is 13.1 Å². The van der Waals surface area contributed by atoms with Gasteiger partial charge in [0, 0.05) is 11.1 Å². The maximum absolute atomic E-state index is 11.9. The third-order valence-electron chi connectivity index (χ3n) is 3.52. The first-order valence-electron chi connectivity index (χ1n) is 7.42. The monoisotopic (exact) mass is 355 g/mol. The number of hydrogen-bond acceptors (Lipinski definition) is 2. The van der Waals surface area contributed by atoms with E-state index in [1.54, 1.807) is 6.07 Å². The Morgan fingerprint density at radius 2 is 1.46 bits per heavy atom. The second-order valence-corrected chi connectivity index (χ2v) is 7.56. The van der Waals surface area contributed by atoms with Crippen LogP contribution in [0.25, 0.3) is 0 Å². The lowest BCUT2D eigenvalue weighted by molar-refractivity contribution is 0.0600. The molecule has 2 nitrogen and oxygen atoms in total. The zero-order valence-corrected chi connectivity index (χ0v) is 14.7. The molecule has 0 N–H and O–H groups in total. The summed E-state index contributed by atoms with van der Waals surface area (Å²) in [6, 6.07) is 25.7. The van der Waals surface area contributed by atoms with Crippen molar-refractivity contribution in [1.29, 1.82) is 0 Å². The number of hydrogen-bond donors (Lipinski definition) is 0. The number of halogens is 1. The van der Waals surface area contributed by atoms with E-state index >= 15 is 0 Å². The first kappa shape index (κ1) is 16.6. The number of esters is 1. The van der Waals surface area contributed by atoms with Gasteiger partial charge < -0.3 is 4.74 Å². The quantitative estimate of drug-likeness (QED) is 0.473. The Morgan fingerprint density at radius 3 is 2.12 bits per heavy atom. The average Bonchev–Trinajstić information content (AvgIpc) is 2.64. The van der Waals surface area contributed by atoms with Crippen molar-refractivity contribution in [3.05, 3.63) is 89.4 Å². The van der Waals surface area contributed by atoms with Crippen LogP contribution in [0.3, 0.4) is 0 Å². The largest absolute Gasteiger partial charge is 0.465 e. The van der Waals surface area contributed by atoms with E-state index in [4.69, 9.17) is 16.3 Å². The SMILES string of the molecule is COC(=O)c1cccc([S+](c2ccccc2)c2ccc(Cl)cc2)c1. The number of ether oxygens (including phenoxy) is 1. The lowest BCUT2D eigenvalue weighted by Gasteiger charge is -2.09. The van der Waals surface area contributed by atoms with Crippen molar-refractivity contribution in [3.8, 4) is 0 Å². The van der Waals surface area contributed by atoms with Gasteiger partial charge in [0.05, 0.1) is 23.6 Å². The second kappa shape index (κ2) is 7.56. The minimum atomic E-state index is -0.329. The lowest BCUT2D eigenvalue weighted by Crippen LogP contribution is -2.07. The number of benzene rings is 3. The van der Waals surface area contributed by atoms with Crippen molar-refractivity contribution in [1.82, 2.24) is 0 Å². The minimum absolute atomic E-state index is 0.318. The Labute approximate surface area is 149 Å². The normalized spacial score (nSPS) is 11.8. The molecule has 0 amide bonds. The second-order valence-electron chi connectivity index (χ2n) is 5.09. The highest BCUT2D eigenvalue weighted by Gasteiger charge is 2.29. The van der Waals surface area contributed by atoms with Crippen LogP contribution in [0.1, 0.15) is 10.4 Å². The third kappa shape index (κ3) is 3.64. The van der Waals surface area contributed by atoms with Gasteiger partial charge in [-0.2, -0.15) is 0 Å². The van der Waals surface area contributed by atoms with Crippen LogP contribution in [0, 0.1) is 0 Å². The van der Waals surface area contributed by atoms with Crippen molar-refractivity contribution in [2.45, 2.75) is 14.7 Å². The van der Waals surface area contributed by atoms with E-state index in [1.807, 2.05) is 60.7 Å². The van der Waals surface area contributed by atoms with Crippen LogP contribution in [0.4, 0.5) is 0 Å². The smallest absolute Gasteiger partial charge is 0.338 e. The highest BCUT2D eigenvalue weighted by Crippen LogP contribution is 2.32. The first-order chi connectivity index (χ1) is 11.7. The van der Waals surface area contributed by atoms with E-state index in [9.17, 15) is 4.79 Å². The van der Waals surface area contributed by atoms with E-state index in [2.05, 4.69) is 12.1 Å². The number of rotatable bonds is 4. The molecule has 1 atom stereocenters. The van der Waals surface area contributed by atoms with Gasteiger partial charge in [-0.15, -0.1) is 0 Å². The molecule has 0 fully saturated rings. The summed E-state index contributed by atoms with van der Waals surface area (Å²) in [5.41, 5.74) is 0.553. The summed E-state index contributed by atoms with van der Waals surface area (Å²) in [4.78, 5) is 15.3. The van der Waals surface area contributed by atoms with Crippen LogP contribution in [-0.2, 0) is 15.6 Å². The van der Waals surface area contributed by atoms with Gasteiger partial charge in [-0.25, -0.2) is 4.79 Å². The fourth-order valence-corrected chi connectivity index (χ4v) is 4.64. The van der Waals surface area contributed by atoms with Crippen LogP contribution in [0.15, 0.2) is 93.5 Å². The molecule has 0 spiro atoms. The fourth-order valence-electron chi connectivity index (χ4n) is 2.40. The molecule has 0 bridgehead atoms. The molecule has 0 aliphatic heterocycles. The summed E-state index contributed by atoms with van der Waals surface area (Å²) in [6.07, 6.45) is 0. The maximum Gasteiger partial charge on any atom is 0.338 e. The van der Waals surface area contributed by atoms with Crippen LogP contribution in [0.2, 0.25) is 5.02 Å². The van der Waals surface area contributed by atoms with E-state index < -0.39 is 0 Å². The maximum atomic E-state index is 11.9. The Morgan fingerprint density at radius 1 is 0.833 bits per heavy atom. The summed E-state index contributed by atoms with van der Waals surface area (Å²) in [5.74, 6) is -0.329. The summed E-state index contributed by atoms with van der Waals surface area (Å²) < 4.78 is 4.84. The van der Waals surface area contributed by atoms with Crippen molar-refractivity contribution < 1.29 is 9.53 Å². The average molecular weight is 356 g/mol. The van der Waals surface area contributed by atoms with Crippen molar-refractivity contribution in [2.75, 3.05) is 7.11 Å². The van der Waals surface area contributed by atoms with E-state index in [0.717, 1.165) is 9.79 Å². The summed E-state index contributed by atoms with van der Waals surface area (Å²) in [6.45, 7) is 0. The molecule has 3 aromatic carbocycles. The van der Waals surface area contributed by atoms with E-state index in [-0.39, 0.29) is 16.9 Å². The van der Waals surface area contributed by atoms with Crippen LogP contribution in [0.5, 0.6) is 0 Å². The molecule has 4 heteroatoms. The summed E-state index contributed by atoms with van der Waals surface area (Å²) in [5, 5.41) is 0.707. The Kier molecular flexibility index (Phi) is 5.24. The molecular formula is C20H16ClO2S+. The van der Waals surface area contributed by atoms with E-state index in [1.165, 1.54) is 12.0 Å². The molecule has 0 saturated heterocycles. The van der Waals surface area contributed by atoms with Gasteiger partial charge in [0.25, 0.3) is 0 Å². The predicted molar refractivity (Wildman–Crippen MR) is 97.8 cm³/mol. The molecule has 0 aromatic heterocycles. The molecule has 120 valence electrons. The van der Waals surface area contributed by atoms with Crippen molar-refractivity contribution in [2.24, 2.45) is 0 Å². The van der Waals surface area contributed by atoms with Crippen LogP contribution < -0.4 is 0 Å². The standard InChI is InChI=1S/C20H16ClO2S/c1-23-20(22)15-6-5-9-19(14-15)24(17-7-3-2-4-8-17)18-12-10-16(21)11-13-18/h2-14H,1H3/q+1. The lowest BCUT2D eigenvalue weighted by atomic mass is 10.2. The number of methoxy groups -OCH3 is 1. The van der Waals surface area contributed by atoms with Gasteiger partial charge in [0.15, 0.2) is 14.7 Å². The molecule has 3 rings (SSSR count). The minimum Gasteiger partial charge on any atom is -0.465 e. The highest BCUT2D eigenvalue weighted by molar-refractivity contribution is 7.97. The molecule has 0 heterocycles. The van der Waals surface area contributed by atoms with Gasteiger partial charge in [-0.3, -0.25) is 0 Å². The Balaban J connectivity index is 2.12. The molecule has 0 aliphatic rings. The number of carbonyl (C=O) groups is 1.